The molecule has 2 atom stereocenters. The van der Waals surface area contributed by atoms with Gasteiger partial charge in [0.15, 0.2) is 0 Å². The van der Waals surface area contributed by atoms with Gasteiger partial charge in [0.2, 0.25) is 5.91 Å². The number of nitrogens with one attached hydrogen (secondary N) is 2. The molecule has 0 bridgehead atoms. The number of hydrogen-bond donors (Lipinski definition) is 3. The van der Waals surface area contributed by atoms with Gasteiger partial charge in [-0.1, -0.05) is 24.3 Å². The quantitative estimate of drug-likeness (QED) is 0.699. The summed E-state index contributed by atoms with van der Waals surface area (Å²) in [6.07, 6.45) is 1.71. The van der Waals surface area contributed by atoms with E-state index >= 15 is 0 Å². The van der Waals surface area contributed by atoms with Gasteiger partial charge < -0.3 is 20.5 Å². The van der Waals surface area contributed by atoms with Crippen molar-refractivity contribution in [3.05, 3.63) is 35.4 Å². The van der Waals surface area contributed by atoms with Gasteiger partial charge in [-0.3, -0.25) is 4.79 Å². The molecule has 1 aliphatic rings. The van der Waals surface area contributed by atoms with Gasteiger partial charge in [0.05, 0.1) is 18.8 Å². The molecule has 5 heteroatoms. The lowest BCUT2D eigenvalue weighted by molar-refractivity contribution is -0.120. The van der Waals surface area contributed by atoms with E-state index in [-0.39, 0.29) is 25.1 Å². The highest BCUT2D eigenvalue weighted by atomic mass is 16.5. The van der Waals surface area contributed by atoms with Gasteiger partial charge in [0.25, 0.3) is 0 Å². The fourth-order valence-corrected chi connectivity index (χ4v) is 2.50. The molecular weight excluding hydrogens is 268 g/mol. The maximum Gasteiger partial charge on any atom is 0.234 e. The summed E-state index contributed by atoms with van der Waals surface area (Å²) in [5.74, 6) is -0.111. The Bertz CT molecular complexity index is 459. The number of aryl methyl sites for hydroxylation is 1. The standard InChI is InChI=1S/C16H24N2O3/c1-12-5-2-3-7-14(12)15(19)10-18-16(20)11-17-9-13-6-4-8-21-13/h2-3,5,7,13,15,17,19H,4,6,8-11H2,1H3,(H,18,20). The summed E-state index contributed by atoms with van der Waals surface area (Å²) >= 11 is 0. The van der Waals surface area contributed by atoms with E-state index in [0.717, 1.165) is 30.6 Å². The third-order valence-electron chi connectivity index (χ3n) is 3.72. The van der Waals surface area contributed by atoms with E-state index < -0.39 is 6.10 Å². The van der Waals surface area contributed by atoms with Crippen molar-refractivity contribution in [3.8, 4) is 0 Å². The van der Waals surface area contributed by atoms with Crippen LogP contribution in [0.3, 0.4) is 0 Å². The Morgan fingerprint density at radius 1 is 1.48 bits per heavy atom. The van der Waals surface area contributed by atoms with Crippen LogP contribution in [0, 0.1) is 6.92 Å². The molecule has 0 spiro atoms. The number of benzene rings is 1. The number of carbonyl (C=O) groups excluding carboxylic acids is 1. The zero-order valence-corrected chi connectivity index (χ0v) is 12.5. The summed E-state index contributed by atoms with van der Waals surface area (Å²) in [5, 5.41) is 15.9. The highest BCUT2D eigenvalue weighted by Crippen LogP contribution is 2.16. The fraction of sp³-hybridized carbons (Fsp3) is 0.562. The largest absolute Gasteiger partial charge is 0.387 e. The van der Waals surface area contributed by atoms with E-state index in [1.54, 1.807) is 0 Å². The average molecular weight is 292 g/mol. The maximum absolute atomic E-state index is 11.7. The lowest BCUT2D eigenvalue weighted by Gasteiger charge is -2.15. The molecule has 1 aromatic carbocycles. The van der Waals surface area contributed by atoms with Gasteiger partial charge in [-0.05, 0) is 30.9 Å². The zero-order chi connectivity index (χ0) is 15.1. The second-order valence-corrected chi connectivity index (χ2v) is 5.44. The normalized spacial score (nSPS) is 19.4. The monoisotopic (exact) mass is 292 g/mol. The van der Waals surface area contributed by atoms with Gasteiger partial charge in [-0.15, -0.1) is 0 Å². The number of hydrogen-bond acceptors (Lipinski definition) is 4. The fourth-order valence-electron chi connectivity index (χ4n) is 2.50. The third-order valence-corrected chi connectivity index (χ3v) is 3.72. The molecule has 1 aliphatic heterocycles. The molecule has 2 unspecified atom stereocenters. The van der Waals surface area contributed by atoms with Crippen molar-refractivity contribution in [2.24, 2.45) is 0 Å². The number of aliphatic hydroxyl groups excluding tert-OH is 1. The molecule has 0 saturated carbocycles. The Kier molecular flexibility index (Phi) is 6.17. The molecule has 2 rings (SSSR count). The predicted octanol–water partition coefficient (Wildman–Crippen LogP) is 0.913. The molecule has 1 heterocycles. The molecule has 1 aromatic rings. The first kappa shape index (κ1) is 15.9. The number of ether oxygens (including phenoxy) is 1. The Labute approximate surface area is 125 Å². The summed E-state index contributed by atoms with van der Waals surface area (Å²) in [4.78, 5) is 11.7. The lowest BCUT2D eigenvalue weighted by Crippen LogP contribution is -2.38. The van der Waals surface area contributed by atoms with Gasteiger partial charge in [-0.2, -0.15) is 0 Å². The summed E-state index contributed by atoms with van der Waals surface area (Å²) in [7, 11) is 0. The first-order valence-corrected chi connectivity index (χ1v) is 7.49. The van der Waals surface area contributed by atoms with E-state index in [0.29, 0.717) is 6.54 Å². The highest BCUT2D eigenvalue weighted by Gasteiger charge is 2.15. The zero-order valence-electron chi connectivity index (χ0n) is 12.5. The number of carbonyl (C=O) groups is 1. The van der Waals surface area contributed by atoms with Crippen molar-refractivity contribution < 1.29 is 14.6 Å². The van der Waals surface area contributed by atoms with Crippen molar-refractivity contribution in [2.45, 2.75) is 32.0 Å². The minimum absolute atomic E-state index is 0.111. The lowest BCUT2D eigenvalue weighted by atomic mass is 10.0. The molecule has 21 heavy (non-hydrogen) atoms. The highest BCUT2D eigenvalue weighted by molar-refractivity contribution is 5.78. The minimum Gasteiger partial charge on any atom is -0.387 e. The smallest absolute Gasteiger partial charge is 0.234 e. The first-order valence-electron chi connectivity index (χ1n) is 7.49. The van der Waals surface area contributed by atoms with Gasteiger partial charge in [0, 0.05) is 19.7 Å². The Hall–Kier alpha value is -1.43. The molecule has 0 aliphatic carbocycles. The van der Waals surface area contributed by atoms with E-state index in [4.69, 9.17) is 4.74 Å². The van der Waals surface area contributed by atoms with E-state index in [2.05, 4.69) is 10.6 Å². The van der Waals surface area contributed by atoms with Crippen molar-refractivity contribution in [1.29, 1.82) is 0 Å². The van der Waals surface area contributed by atoms with Crippen LogP contribution in [0.4, 0.5) is 0 Å². The van der Waals surface area contributed by atoms with Crippen molar-refractivity contribution in [3.63, 3.8) is 0 Å². The Morgan fingerprint density at radius 3 is 3.00 bits per heavy atom. The van der Waals surface area contributed by atoms with Crippen molar-refractivity contribution in [1.82, 2.24) is 10.6 Å². The van der Waals surface area contributed by atoms with Crippen LogP contribution in [0.15, 0.2) is 24.3 Å². The van der Waals surface area contributed by atoms with E-state index in [1.165, 1.54) is 0 Å². The van der Waals surface area contributed by atoms with Crippen LogP contribution in [0.25, 0.3) is 0 Å². The average Bonchev–Trinajstić information content (AvgIpc) is 2.98. The molecule has 116 valence electrons. The molecular formula is C16H24N2O3. The summed E-state index contributed by atoms with van der Waals surface area (Å²) in [6, 6.07) is 7.64. The van der Waals surface area contributed by atoms with Gasteiger partial charge >= 0.3 is 0 Å². The van der Waals surface area contributed by atoms with Crippen LogP contribution >= 0.6 is 0 Å². The number of amides is 1. The molecule has 3 N–H and O–H groups in total. The van der Waals surface area contributed by atoms with Crippen LogP contribution in [-0.4, -0.2) is 43.4 Å². The van der Waals surface area contributed by atoms with E-state index in [1.807, 2.05) is 31.2 Å². The molecule has 5 nitrogen and oxygen atoms in total. The van der Waals surface area contributed by atoms with Crippen LogP contribution in [0.5, 0.6) is 0 Å². The Balaban J connectivity index is 1.65. The number of aliphatic hydroxyl groups is 1. The second-order valence-electron chi connectivity index (χ2n) is 5.44. The molecule has 0 aromatic heterocycles. The predicted molar refractivity (Wildman–Crippen MR) is 81.0 cm³/mol. The minimum atomic E-state index is -0.673. The first-order chi connectivity index (χ1) is 10.2. The van der Waals surface area contributed by atoms with Crippen molar-refractivity contribution in [2.75, 3.05) is 26.2 Å². The molecule has 0 radical (unpaired) electrons. The molecule has 1 fully saturated rings. The summed E-state index contributed by atoms with van der Waals surface area (Å²) < 4.78 is 5.47. The Morgan fingerprint density at radius 2 is 2.29 bits per heavy atom. The second kappa shape index (κ2) is 8.12. The third kappa shape index (κ3) is 5.12. The summed E-state index contributed by atoms with van der Waals surface area (Å²) in [5.41, 5.74) is 1.88. The molecule has 1 saturated heterocycles. The van der Waals surface area contributed by atoms with Crippen molar-refractivity contribution >= 4 is 5.91 Å². The van der Waals surface area contributed by atoms with Crippen LogP contribution < -0.4 is 10.6 Å². The van der Waals surface area contributed by atoms with E-state index in [9.17, 15) is 9.90 Å². The molecule has 1 amide bonds. The van der Waals surface area contributed by atoms with Crippen LogP contribution in [0.2, 0.25) is 0 Å². The van der Waals surface area contributed by atoms with Gasteiger partial charge in [0.1, 0.15) is 0 Å². The van der Waals surface area contributed by atoms with Gasteiger partial charge in [-0.25, -0.2) is 0 Å². The summed E-state index contributed by atoms with van der Waals surface area (Å²) in [6.45, 7) is 3.95. The maximum atomic E-state index is 11.7. The number of rotatable bonds is 7. The topological polar surface area (TPSA) is 70.6 Å². The SMILES string of the molecule is Cc1ccccc1C(O)CNC(=O)CNCC1CCCO1. The van der Waals surface area contributed by atoms with Crippen LogP contribution in [-0.2, 0) is 9.53 Å². The van der Waals surface area contributed by atoms with Crippen LogP contribution in [0.1, 0.15) is 30.1 Å².